The molecule has 192 valence electrons. The maximum absolute atomic E-state index is 13.5. The number of sulfone groups is 1. The summed E-state index contributed by atoms with van der Waals surface area (Å²) in [5.74, 6) is -2.16. The molecule has 0 saturated heterocycles. The predicted octanol–water partition coefficient (Wildman–Crippen LogP) is 4.37. The Bertz CT molecular complexity index is 1320. The number of nitriles is 1. The molecule has 36 heavy (non-hydrogen) atoms. The van der Waals surface area contributed by atoms with Gasteiger partial charge in [0.25, 0.3) is 0 Å². The topological polar surface area (TPSA) is 116 Å². The van der Waals surface area contributed by atoms with Gasteiger partial charge in [-0.15, -0.1) is 0 Å². The Morgan fingerprint density at radius 2 is 1.92 bits per heavy atom. The Morgan fingerprint density at radius 3 is 2.53 bits per heavy atom. The molecule has 0 bridgehead atoms. The average Bonchev–Trinajstić information content (AvgIpc) is 3.44. The second-order valence-corrected chi connectivity index (χ2v) is 11.7. The molecule has 4 rings (SSSR count). The quantitative estimate of drug-likeness (QED) is 0.536. The normalized spacial score (nSPS) is 23.1. The SMILES string of the molecule is N#CC1(NC(=O)[C@@H]2C[C@@H](S(=O)(=O)c3ccccc3Cl)C[C@H]2OCc2ccc(O)cc2C(F)(F)F)CC1. The molecule has 0 radical (unpaired) electrons. The van der Waals surface area contributed by atoms with Crippen molar-refractivity contribution in [3.8, 4) is 11.8 Å². The van der Waals surface area contributed by atoms with Gasteiger partial charge in [0.05, 0.1) is 45.4 Å². The van der Waals surface area contributed by atoms with Gasteiger partial charge in [-0.3, -0.25) is 4.79 Å². The molecule has 7 nitrogen and oxygen atoms in total. The van der Waals surface area contributed by atoms with Gasteiger partial charge < -0.3 is 15.2 Å². The van der Waals surface area contributed by atoms with Crippen molar-refractivity contribution in [2.75, 3.05) is 0 Å². The third-order valence-corrected chi connectivity index (χ3v) is 9.23. The molecule has 0 aromatic heterocycles. The van der Waals surface area contributed by atoms with Gasteiger partial charge in [-0.1, -0.05) is 29.8 Å². The molecule has 0 heterocycles. The van der Waals surface area contributed by atoms with Crippen LogP contribution in [0.15, 0.2) is 47.4 Å². The number of phenolic OH excluding ortho intramolecular Hbond substituents is 1. The van der Waals surface area contributed by atoms with Crippen LogP contribution in [0.25, 0.3) is 0 Å². The Balaban J connectivity index is 1.60. The Morgan fingerprint density at radius 1 is 1.22 bits per heavy atom. The van der Waals surface area contributed by atoms with E-state index in [1.165, 1.54) is 18.2 Å². The molecule has 3 atom stereocenters. The van der Waals surface area contributed by atoms with Crippen LogP contribution in [0.2, 0.25) is 5.02 Å². The van der Waals surface area contributed by atoms with E-state index in [4.69, 9.17) is 16.3 Å². The summed E-state index contributed by atoms with van der Waals surface area (Å²) < 4.78 is 72.7. The first-order chi connectivity index (χ1) is 16.9. The summed E-state index contributed by atoms with van der Waals surface area (Å²) in [6.07, 6.45) is -5.17. The number of hydrogen-bond acceptors (Lipinski definition) is 6. The summed E-state index contributed by atoms with van der Waals surface area (Å²) in [6, 6.07) is 10.6. The van der Waals surface area contributed by atoms with E-state index in [9.17, 15) is 36.8 Å². The van der Waals surface area contributed by atoms with Crippen LogP contribution in [0.3, 0.4) is 0 Å². The standard InChI is InChI=1S/C24H22ClF3N2O5S/c25-19-3-1-2-4-21(19)36(33,34)16-10-17(22(32)30-23(13-29)7-8-23)20(11-16)35-12-14-5-6-15(31)9-18(14)24(26,27)28/h1-6,9,16-17,20,31H,7-8,10-12H2,(H,30,32)/t16-,17-,20-/m1/s1. The van der Waals surface area contributed by atoms with Gasteiger partial charge >= 0.3 is 6.18 Å². The van der Waals surface area contributed by atoms with Crippen molar-refractivity contribution in [2.24, 2.45) is 5.92 Å². The average molecular weight is 543 g/mol. The Labute approximate surface area is 210 Å². The maximum atomic E-state index is 13.5. The van der Waals surface area contributed by atoms with Crippen molar-refractivity contribution >= 4 is 27.3 Å². The zero-order valence-corrected chi connectivity index (χ0v) is 20.3. The second-order valence-electron chi connectivity index (χ2n) is 9.05. The molecule has 2 aliphatic rings. The van der Waals surface area contributed by atoms with Crippen LogP contribution in [-0.2, 0) is 32.2 Å². The molecule has 0 unspecified atom stereocenters. The van der Waals surface area contributed by atoms with Crippen molar-refractivity contribution in [3.05, 3.63) is 58.6 Å². The minimum Gasteiger partial charge on any atom is -0.508 e. The molecule has 2 aliphatic carbocycles. The summed E-state index contributed by atoms with van der Waals surface area (Å²) in [6.45, 7) is -0.564. The number of phenols is 1. The highest BCUT2D eigenvalue weighted by molar-refractivity contribution is 7.92. The van der Waals surface area contributed by atoms with Crippen LogP contribution in [0.4, 0.5) is 13.2 Å². The highest BCUT2D eigenvalue weighted by Gasteiger charge is 2.50. The number of aromatic hydroxyl groups is 1. The molecule has 2 N–H and O–H groups in total. The van der Waals surface area contributed by atoms with Crippen molar-refractivity contribution < 1.29 is 36.2 Å². The summed E-state index contributed by atoms with van der Waals surface area (Å²) >= 11 is 6.10. The highest BCUT2D eigenvalue weighted by atomic mass is 35.5. The van der Waals surface area contributed by atoms with Crippen LogP contribution in [-0.4, -0.2) is 36.3 Å². The first kappa shape index (κ1) is 26.3. The van der Waals surface area contributed by atoms with Crippen molar-refractivity contribution in [1.29, 1.82) is 5.26 Å². The van der Waals surface area contributed by atoms with Gasteiger partial charge in [-0.05, 0) is 55.5 Å². The smallest absolute Gasteiger partial charge is 0.416 e. The van der Waals surface area contributed by atoms with Gasteiger partial charge in [0, 0.05) is 0 Å². The molecular formula is C24H22ClF3N2O5S. The molecule has 2 aromatic rings. The molecule has 0 aliphatic heterocycles. The van der Waals surface area contributed by atoms with Crippen molar-refractivity contribution in [2.45, 2.75) is 60.3 Å². The third-order valence-electron chi connectivity index (χ3n) is 6.56. The summed E-state index contributed by atoms with van der Waals surface area (Å²) in [4.78, 5) is 12.9. The van der Waals surface area contributed by atoms with E-state index in [0.717, 1.165) is 12.1 Å². The summed E-state index contributed by atoms with van der Waals surface area (Å²) in [5, 5.41) is 20.4. The summed E-state index contributed by atoms with van der Waals surface area (Å²) in [5.41, 5.74) is -2.38. The summed E-state index contributed by atoms with van der Waals surface area (Å²) in [7, 11) is -3.99. The molecule has 12 heteroatoms. The van der Waals surface area contributed by atoms with Gasteiger partial charge in [0.1, 0.15) is 11.3 Å². The van der Waals surface area contributed by atoms with E-state index in [2.05, 4.69) is 5.32 Å². The lowest BCUT2D eigenvalue weighted by atomic mass is 10.0. The monoisotopic (exact) mass is 542 g/mol. The van der Waals surface area contributed by atoms with E-state index >= 15 is 0 Å². The number of alkyl halides is 3. The van der Waals surface area contributed by atoms with Gasteiger partial charge in [-0.2, -0.15) is 18.4 Å². The van der Waals surface area contributed by atoms with E-state index in [0.29, 0.717) is 18.9 Å². The van der Waals surface area contributed by atoms with Crippen LogP contribution in [0.5, 0.6) is 5.75 Å². The molecular weight excluding hydrogens is 521 g/mol. The van der Waals surface area contributed by atoms with Crippen molar-refractivity contribution in [1.82, 2.24) is 5.32 Å². The van der Waals surface area contributed by atoms with Gasteiger partial charge in [0.15, 0.2) is 9.84 Å². The number of carbonyl (C=O) groups excluding carboxylic acids is 1. The maximum Gasteiger partial charge on any atom is 0.416 e. The Hall–Kier alpha value is -2.81. The minimum absolute atomic E-state index is 0.0168. The van der Waals surface area contributed by atoms with E-state index in [-0.39, 0.29) is 28.3 Å². The van der Waals surface area contributed by atoms with Crippen LogP contribution in [0.1, 0.15) is 36.8 Å². The number of benzene rings is 2. The number of carbonyl (C=O) groups is 1. The van der Waals surface area contributed by atoms with E-state index < -0.39 is 62.7 Å². The lowest BCUT2D eigenvalue weighted by molar-refractivity contribution is -0.140. The predicted molar refractivity (Wildman–Crippen MR) is 123 cm³/mol. The molecule has 1 amide bonds. The fourth-order valence-corrected chi connectivity index (χ4v) is 6.72. The Kier molecular flexibility index (Phi) is 6.98. The number of amides is 1. The molecule has 2 saturated carbocycles. The van der Waals surface area contributed by atoms with Crippen LogP contribution >= 0.6 is 11.6 Å². The van der Waals surface area contributed by atoms with Crippen LogP contribution in [0, 0.1) is 17.2 Å². The number of halogens is 4. The fraction of sp³-hybridized carbons (Fsp3) is 0.417. The number of nitrogens with zero attached hydrogens (tertiary/aromatic N) is 1. The fourth-order valence-electron chi connectivity index (χ4n) is 4.39. The first-order valence-corrected chi connectivity index (χ1v) is 13.0. The van der Waals surface area contributed by atoms with Crippen LogP contribution < -0.4 is 5.32 Å². The molecule has 2 aromatic carbocycles. The van der Waals surface area contributed by atoms with Crippen molar-refractivity contribution in [3.63, 3.8) is 0 Å². The highest BCUT2D eigenvalue weighted by Crippen LogP contribution is 2.41. The number of ether oxygens (including phenoxy) is 1. The lowest BCUT2D eigenvalue weighted by Crippen LogP contribution is -2.42. The zero-order chi connectivity index (χ0) is 26.3. The third kappa shape index (κ3) is 5.31. The molecule has 2 fully saturated rings. The largest absolute Gasteiger partial charge is 0.508 e. The number of nitrogens with one attached hydrogen (secondary N) is 1. The number of rotatable bonds is 7. The minimum atomic E-state index is -4.76. The zero-order valence-electron chi connectivity index (χ0n) is 18.8. The molecule has 0 spiro atoms. The van der Waals surface area contributed by atoms with Gasteiger partial charge in [0.2, 0.25) is 5.91 Å². The lowest BCUT2D eigenvalue weighted by Gasteiger charge is -2.22. The first-order valence-electron chi connectivity index (χ1n) is 11.1. The second kappa shape index (κ2) is 9.57. The van der Waals surface area contributed by atoms with E-state index in [1.807, 2.05) is 6.07 Å². The van der Waals surface area contributed by atoms with Gasteiger partial charge in [-0.25, -0.2) is 8.42 Å². The number of hydrogen-bond donors (Lipinski definition) is 2. The van der Waals surface area contributed by atoms with E-state index in [1.54, 1.807) is 6.07 Å².